The molecule has 1 N–H and O–H groups in total. The number of rotatable bonds is 2. The molecule has 2 fully saturated rings. The Morgan fingerprint density at radius 1 is 1.40 bits per heavy atom. The lowest BCUT2D eigenvalue weighted by atomic mass is 9.59. The maximum absolute atomic E-state index is 5.79. The monoisotopic (exact) mass is 269 g/mol. The quantitative estimate of drug-likeness (QED) is 0.893. The highest BCUT2D eigenvalue weighted by molar-refractivity contribution is 9.10. The van der Waals surface area contributed by atoms with Crippen LogP contribution in [0.5, 0.6) is 0 Å². The van der Waals surface area contributed by atoms with Crippen molar-refractivity contribution in [1.82, 2.24) is 5.32 Å². The summed E-state index contributed by atoms with van der Waals surface area (Å²) in [7, 11) is 0. The van der Waals surface area contributed by atoms with Gasteiger partial charge in [-0.05, 0) is 66.3 Å². The molecule has 0 bridgehead atoms. The van der Waals surface area contributed by atoms with E-state index in [4.69, 9.17) is 4.42 Å². The lowest BCUT2D eigenvalue weighted by molar-refractivity contribution is 0.124. The van der Waals surface area contributed by atoms with E-state index in [9.17, 15) is 0 Å². The topological polar surface area (TPSA) is 25.2 Å². The van der Waals surface area contributed by atoms with E-state index in [0.29, 0.717) is 5.41 Å². The zero-order valence-electron chi connectivity index (χ0n) is 8.76. The molecule has 1 atom stereocenters. The van der Waals surface area contributed by atoms with Crippen LogP contribution in [-0.2, 0) is 5.41 Å². The van der Waals surface area contributed by atoms with Crippen LogP contribution in [-0.4, -0.2) is 13.1 Å². The third kappa shape index (κ3) is 1.48. The molecule has 1 aliphatic heterocycles. The molecule has 0 radical (unpaired) electrons. The van der Waals surface area contributed by atoms with Gasteiger partial charge in [0, 0.05) is 5.41 Å². The fourth-order valence-corrected chi connectivity index (χ4v) is 3.43. The molecule has 1 saturated heterocycles. The Morgan fingerprint density at radius 2 is 2.27 bits per heavy atom. The van der Waals surface area contributed by atoms with E-state index < -0.39 is 0 Å². The molecule has 1 unspecified atom stereocenters. The van der Waals surface area contributed by atoms with Crippen molar-refractivity contribution in [2.24, 2.45) is 5.92 Å². The first-order chi connectivity index (χ1) is 7.31. The van der Waals surface area contributed by atoms with Crippen LogP contribution in [0.4, 0.5) is 0 Å². The zero-order chi connectivity index (χ0) is 10.3. The average molecular weight is 270 g/mol. The number of nitrogens with one attached hydrogen (secondary N) is 1. The highest BCUT2D eigenvalue weighted by atomic mass is 79.9. The van der Waals surface area contributed by atoms with Crippen molar-refractivity contribution in [1.29, 1.82) is 0 Å². The van der Waals surface area contributed by atoms with Gasteiger partial charge in [-0.2, -0.15) is 0 Å². The molecule has 1 aromatic heterocycles. The Bertz CT molecular complexity index is 350. The number of hydrogen-bond acceptors (Lipinski definition) is 2. The Hall–Kier alpha value is -0.280. The second-order valence-corrected chi connectivity index (χ2v) is 5.58. The summed E-state index contributed by atoms with van der Waals surface area (Å²) in [4.78, 5) is 0. The summed E-state index contributed by atoms with van der Waals surface area (Å²) in [6.45, 7) is 2.34. The molecule has 1 aliphatic carbocycles. The second-order valence-electron chi connectivity index (χ2n) is 4.80. The minimum absolute atomic E-state index is 0.357. The van der Waals surface area contributed by atoms with Crippen molar-refractivity contribution in [2.75, 3.05) is 13.1 Å². The summed E-state index contributed by atoms with van der Waals surface area (Å²) >= 11 is 3.40. The molecule has 1 saturated carbocycles. The fourth-order valence-electron chi connectivity index (χ4n) is 3.12. The van der Waals surface area contributed by atoms with E-state index in [-0.39, 0.29) is 0 Å². The Labute approximate surface area is 98.6 Å². The highest BCUT2D eigenvalue weighted by Gasteiger charge is 2.48. The molecule has 0 spiro atoms. The Balaban J connectivity index is 1.91. The molecule has 82 valence electrons. The summed E-state index contributed by atoms with van der Waals surface area (Å²) in [6, 6.07) is 4.18. The van der Waals surface area contributed by atoms with Crippen LogP contribution in [0.15, 0.2) is 21.2 Å². The molecule has 0 amide bonds. The van der Waals surface area contributed by atoms with Crippen molar-refractivity contribution in [2.45, 2.75) is 31.1 Å². The summed E-state index contributed by atoms with van der Waals surface area (Å²) in [6.07, 6.45) is 5.27. The highest BCUT2D eigenvalue weighted by Crippen LogP contribution is 2.51. The second kappa shape index (κ2) is 3.63. The van der Waals surface area contributed by atoms with Crippen molar-refractivity contribution in [3.63, 3.8) is 0 Å². The Kier molecular flexibility index (Phi) is 2.40. The zero-order valence-corrected chi connectivity index (χ0v) is 10.3. The molecule has 0 aromatic carbocycles. The number of halogens is 1. The van der Waals surface area contributed by atoms with Gasteiger partial charge in [0.05, 0.1) is 0 Å². The first kappa shape index (κ1) is 9.91. The number of hydrogen-bond donors (Lipinski definition) is 1. The average Bonchev–Trinajstić information content (AvgIpc) is 2.75. The van der Waals surface area contributed by atoms with Gasteiger partial charge < -0.3 is 9.73 Å². The van der Waals surface area contributed by atoms with Gasteiger partial charge in [-0.3, -0.25) is 0 Å². The molecule has 15 heavy (non-hydrogen) atoms. The molecular formula is C12H16BrNO. The molecule has 1 aromatic rings. The maximum Gasteiger partial charge on any atom is 0.169 e. The third-order valence-corrected chi connectivity index (χ3v) is 4.58. The minimum atomic E-state index is 0.357. The molecule has 2 nitrogen and oxygen atoms in total. The van der Waals surface area contributed by atoms with Crippen LogP contribution in [0, 0.1) is 5.92 Å². The smallest absolute Gasteiger partial charge is 0.169 e. The lowest BCUT2D eigenvalue weighted by Gasteiger charge is -2.44. The van der Waals surface area contributed by atoms with Crippen molar-refractivity contribution in [3.05, 3.63) is 22.6 Å². The third-order valence-electron chi connectivity index (χ3n) is 4.15. The standard InChI is InChI=1S/C12H16BrNO/c13-11-3-2-10(15-11)12(5-1-6-12)9-4-7-14-8-9/h2-3,9,14H,1,4-8H2. The largest absolute Gasteiger partial charge is 0.454 e. The van der Waals surface area contributed by atoms with Gasteiger partial charge in [-0.25, -0.2) is 0 Å². The van der Waals surface area contributed by atoms with Crippen LogP contribution < -0.4 is 5.32 Å². The van der Waals surface area contributed by atoms with Crippen molar-refractivity contribution in [3.8, 4) is 0 Å². The van der Waals surface area contributed by atoms with E-state index in [0.717, 1.165) is 17.1 Å². The van der Waals surface area contributed by atoms with Crippen molar-refractivity contribution < 1.29 is 4.42 Å². The fraction of sp³-hybridized carbons (Fsp3) is 0.667. The predicted octanol–water partition coefficient (Wildman–Crippen LogP) is 3.07. The minimum Gasteiger partial charge on any atom is -0.454 e. The summed E-state index contributed by atoms with van der Waals surface area (Å²) in [5.41, 5.74) is 0.357. The first-order valence-corrected chi connectivity index (χ1v) is 6.57. The molecule has 3 heteroatoms. The van der Waals surface area contributed by atoms with Crippen LogP contribution in [0.2, 0.25) is 0 Å². The van der Waals surface area contributed by atoms with Crippen LogP contribution in [0.1, 0.15) is 31.4 Å². The van der Waals surface area contributed by atoms with E-state index in [1.807, 2.05) is 6.07 Å². The van der Waals surface area contributed by atoms with Crippen LogP contribution in [0.3, 0.4) is 0 Å². The van der Waals surface area contributed by atoms with Gasteiger partial charge in [-0.1, -0.05) is 6.42 Å². The van der Waals surface area contributed by atoms with Crippen LogP contribution >= 0.6 is 15.9 Å². The lowest BCUT2D eigenvalue weighted by Crippen LogP contribution is -2.42. The van der Waals surface area contributed by atoms with Gasteiger partial charge in [0.2, 0.25) is 0 Å². The van der Waals surface area contributed by atoms with E-state index in [1.54, 1.807) is 0 Å². The Morgan fingerprint density at radius 3 is 2.73 bits per heavy atom. The normalized spacial score (nSPS) is 29.0. The van der Waals surface area contributed by atoms with Gasteiger partial charge >= 0.3 is 0 Å². The van der Waals surface area contributed by atoms with Crippen LogP contribution in [0.25, 0.3) is 0 Å². The SMILES string of the molecule is Brc1ccc(C2(C3CCNC3)CCC2)o1. The number of furan rings is 1. The summed E-state index contributed by atoms with van der Waals surface area (Å²) in [5.74, 6) is 1.98. The van der Waals surface area contributed by atoms with Gasteiger partial charge in [0.15, 0.2) is 4.67 Å². The van der Waals surface area contributed by atoms with Crippen molar-refractivity contribution >= 4 is 15.9 Å². The summed E-state index contributed by atoms with van der Waals surface area (Å²) in [5, 5.41) is 3.47. The van der Waals surface area contributed by atoms with E-state index >= 15 is 0 Å². The molecular weight excluding hydrogens is 254 g/mol. The van der Waals surface area contributed by atoms with Gasteiger partial charge in [0.25, 0.3) is 0 Å². The maximum atomic E-state index is 5.79. The van der Waals surface area contributed by atoms with E-state index in [2.05, 4.69) is 27.3 Å². The van der Waals surface area contributed by atoms with Gasteiger partial charge in [-0.15, -0.1) is 0 Å². The van der Waals surface area contributed by atoms with Gasteiger partial charge in [0.1, 0.15) is 5.76 Å². The first-order valence-electron chi connectivity index (χ1n) is 5.78. The molecule has 3 rings (SSSR count). The summed E-state index contributed by atoms with van der Waals surface area (Å²) < 4.78 is 6.66. The molecule has 2 heterocycles. The molecule has 2 aliphatic rings. The van der Waals surface area contributed by atoms with E-state index in [1.165, 1.54) is 38.0 Å². The predicted molar refractivity (Wildman–Crippen MR) is 62.9 cm³/mol.